The minimum atomic E-state index is -0.318. The van der Waals surface area contributed by atoms with E-state index in [-0.39, 0.29) is 5.82 Å². The van der Waals surface area contributed by atoms with E-state index in [4.69, 9.17) is 10.5 Å². The van der Waals surface area contributed by atoms with Crippen molar-refractivity contribution in [3.63, 3.8) is 0 Å². The zero-order chi connectivity index (χ0) is 13.8. The molecule has 0 radical (unpaired) electrons. The third-order valence-corrected chi connectivity index (χ3v) is 2.62. The second-order valence-corrected chi connectivity index (χ2v) is 3.89. The summed E-state index contributed by atoms with van der Waals surface area (Å²) < 4.78 is 18.5. The van der Waals surface area contributed by atoms with Crippen LogP contribution in [0.5, 0.6) is 5.88 Å². The standard InChI is InChI=1S/C13H15FN4O/c1-3-19-13-11(15)12(16-8-17-13)18(2)10-6-4-5-9(14)7-10/h4-8H,3,15H2,1-2H3. The van der Waals surface area contributed by atoms with Gasteiger partial charge in [0.05, 0.1) is 6.61 Å². The van der Waals surface area contributed by atoms with Crippen LogP contribution in [0.15, 0.2) is 30.6 Å². The maximum atomic E-state index is 13.2. The van der Waals surface area contributed by atoms with E-state index in [1.165, 1.54) is 18.5 Å². The summed E-state index contributed by atoms with van der Waals surface area (Å²) in [6.45, 7) is 2.31. The van der Waals surface area contributed by atoms with E-state index in [0.29, 0.717) is 29.7 Å². The van der Waals surface area contributed by atoms with Gasteiger partial charge in [0.15, 0.2) is 5.82 Å². The van der Waals surface area contributed by atoms with Crippen molar-refractivity contribution < 1.29 is 9.13 Å². The van der Waals surface area contributed by atoms with Gasteiger partial charge in [-0.3, -0.25) is 0 Å². The van der Waals surface area contributed by atoms with E-state index >= 15 is 0 Å². The van der Waals surface area contributed by atoms with Crippen LogP contribution >= 0.6 is 0 Å². The monoisotopic (exact) mass is 262 g/mol. The molecule has 0 unspecified atom stereocenters. The molecule has 2 aromatic rings. The summed E-state index contributed by atoms with van der Waals surface area (Å²) in [4.78, 5) is 9.76. The highest BCUT2D eigenvalue weighted by molar-refractivity contribution is 5.73. The Morgan fingerprint density at radius 3 is 2.84 bits per heavy atom. The van der Waals surface area contributed by atoms with Gasteiger partial charge in [0, 0.05) is 12.7 Å². The molecule has 0 saturated heterocycles. The number of hydrogen-bond acceptors (Lipinski definition) is 5. The first-order chi connectivity index (χ1) is 9.13. The van der Waals surface area contributed by atoms with Crippen LogP contribution in [0.3, 0.4) is 0 Å². The molecule has 0 fully saturated rings. The van der Waals surface area contributed by atoms with Crippen LogP contribution in [0.4, 0.5) is 21.6 Å². The number of hydrogen-bond donors (Lipinski definition) is 1. The van der Waals surface area contributed by atoms with Gasteiger partial charge in [-0.25, -0.2) is 9.37 Å². The van der Waals surface area contributed by atoms with Crippen molar-refractivity contribution in [3.05, 3.63) is 36.4 Å². The van der Waals surface area contributed by atoms with Crippen molar-refractivity contribution in [1.82, 2.24) is 9.97 Å². The van der Waals surface area contributed by atoms with Gasteiger partial charge in [-0.05, 0) is 25.1 Å². The van der Waals surface area contributed by atoms with E-state index < -0.39 is 0 Å². The van der Waals surface area contributed by atoms with Crippen LogP contribution in [0.2, 0.25) is 0 Å². The fourth-order valence-electron chi connectivity index (χ4n) is 1.70. The lowest BCUT2D eigenvalue weighted by atomic mass is 10.3. The topological polar surface area (TPSA) is 64.3 Å². The lowest BCUT2D eigenvalue weighted by Gasteiger charge is -2.20. The Labute approximate surface area is 110 Å². The summed E-state index contributed by atoms with van der Waals surface area (Å²) in [7, 11) is 1.75. The molecule has 2 N–H and O–H groups in total. The maximum Gasteiger partial charge on any atom is 0.242 e. The van der Waals surface area contributed by atoms with Crippen LogP contribution in [0.25, 0.3) is 0 Å². The van der Waals surface area contributed by atoms with Gasteiger partial charge >= 0.3 is 0 Å². The Morgan fingerprint density at radius 1 is 1.37 bits per heavy atom. The number of anilines is 3. The molecular weight excluding hydrogens is 247 g/mol. The van der Waals surface area contributed by atoms with Crippen molar-refractivity contribution in [1.29, 1.82) is 0 Å². The van der Waals surface area contributed by atoms with Gasteiger partial charge in [0.1, 0.15) is 17.8 Å². The second kappa shape index (κ2) is 5.51. The normalized spacial score (nSPS) is 10.3. The average molecular weight is 262 g/mol. The van der Waals surface area contributed by atoms with Crippen LogP contribution < -0.4 is 15.4 Å². The SMILES string of the molecule is CCOc1ncnc(N(C)c2cccc(F)c2)c1N. The molecule has 6 heteroatoms. The Balaban J connectivity index is 2.38. The molecule has 0 bridgehead atoms. The zero-order valence-corrected chi connectivity index (χ0v) is 10.8. The van der Waals surface area contributed by atoms with E-state index in [1.54, 1.807) is 24.1 Å². The van der Waals surface area contributed by atoms with Crippen LogP contribution in [-0.2, 0) is 0 Å². The van der Waals surface area contributed by atoms with Gasteiger partial charge in [-0.1, -0.05) is 6.07 Å². The Morgan fingerprint density at radius 2 is 2.16 bits per heavy atom. The minimum absolute atomic E-state index is 0.318. The first-order valence-electron chi connectivity index (χ1n) is 5.86. The first-order valence-corrected chi connectivity index (χ1v) is 5.86. The minimum Gasteiger partial charge on any atom is -0.476 e. The van der Waals surface area contributed by atoms with Crippen molar-refractivity contribution in [2.45, 2.75) is 6.92 Å². The Kier molecular flexibility index (Phi) is 3.79. The fourth-order valence-corrected chi connectivity index (χ4v) is 1.70. The van der Waals surface area contributed by atoms with Gasteiger partial charge in [-0.2, -0.15) is 4.98 Å². The molecule has 0 aliphatic rings. The summed E-state index contributed by atoms with van der Waals surface area (Å²) >= 11 is 0. The fraction of sp³-hybridized carbons (Fsp3) is 0.231. The molecule has 0 saturated carbocycles. The van der Waals surface area contributed by atoms with Gasteiger partial charge in [0.25, 0.3) is 0 Å². The predicted octanol–water partition coefficient (Wildman–Crippen LogP) is 2.36. The average Bonchev–Trinajstić information content (AvgIpc) is 2.41. The molecular formula is C13H15FN4O. The summed E-state index contributed by atoms with van der Waals surface area (Å²) in [6.07, 6.45) is 1.37. The lowest BCUT2D eigenvalue weighted by Crippen LogP contribution is -2.15. The molecule has 0 spiro atoms. The van der Waals surface area contributed by atoms with Crippen molar-refractivity contribution in [2.24, 2.45) is 0 Å². The quantitative estimate of drug-likeness (QED) is 0.916. The molecule has 19 heavy (non-hydrogen) atoms. The van der Waals surface area contributed by atoms with E-state index in [0.717, 1.165) is 0 Å². The second-order valence-electron chi connectivity index (χ2n) is 3.89. The molecule has 5 nitrogen and oxygen atoms in total. The third kappa shape index (κ3) is 2.73. The molecule has 100 valence electrons. The lowest BCUT2D eigenvalue weighted by molar-refractivity contribution is 0.328. The highest BCUT2D eigenvalue weighted by Crippen LogP contribution is 2.31. The smallest absolute Gasteiger partial charge is 0.242 e. The third-order valence-electron chi connectivity index (χ3n) is 2.62. The van der Waals surface area contributed by atoms with Crippen LogP contribution in [-0.4, -0.2) is 23.6 Å². The number of ether oxygens (including phenoxy) is 1. The highest BCUT2D eigenvalue weighted by Gasteiger charge is 2.14. The van der Waals surface area contributed by atoms with Crippen molar-refractivity contribution in [3.8, 4) is 5.88 Å². The number of benzene rings is 1. The van der Waals surface area contributed by atoms with Crippen molar-refractivity contribution >= 4 is 17.2 Å². The van der Waals surface area contributed by atoms with E-state index in [2.05, 4.69) is 9.97 Å². The summed E-state index contributed by atoms with van der Waals surface area (Å²) in [5, 5.41) is 0. The summed E-state index contributed by atoms with van der Waals surface area (Å²) in [5.74, 6) is 0.488. The first kappa shape index (κ1) is 13.1. The Bertz CT molecular complexity index is 576. The number of aromatic nitrogens is 2. The van der Waals surface area contributed by atoms with E-state index in [9.17, 15) is 4.39 Å². The summed E-state index contributed by atoms with van der Waals surface area (Å²) in [5.41, 5.74) is 6.94. The number of halogens is 1. The largest absolute Gasteiger partial charge is 0.476 e. The molecule has 0 amide bonds. The zero-order valence-electron chi connectivity index (χ0n) is 10.8. The van der Waals surface area contributed by atoms with Gasteiger partial charge in [-0.15, -0.1) is 0 Å². The number of nitrogen functional groups attached to an aromatic ring is 1. The molecule has 1 aromatic heterocycles. The van der Waals surface area contributed by atoms with Crippen LogP contribution in [0.1, 0.15) is 6.92 Å². The summed E-state index contributed by atoms with van der Waals surface area (Å²) in [6, 6.07) is 6.18. The Hall–Kier alpha value is -2.37. The molecule has 2 rings (SSSR count). The molecule has 1 aromatic carbocycles. The van der Waals surface area contributed by atoms with E-state index in [1.807, 2.05) is 6.92 Å². The maximum absolute atomic E-state index is 13.2. The number of nitrogens with zero attached hydrogens (tertiary/aromatic N) is 3. The molecule has 0 aliphatic heterocycles. The number of nitrogens with two attached hydrogens (primary N) is 1. The molecule has 0 atom stereocenters. The van der Waals surface area contributed by atoms with Gasteiger partial charge < -0.3 is 15.4 Å². The molecule has 1 heterocycles. The predicted molar refractivity (Wildman–Crippen MR) is 72.1 cm³/mol. The number of rotatable bonds is 4. The van der Waals surface area contributed by atoms with Crippen molar-refractivity contribution in [2.75, 3.05) is 24.3 Å². The molecule has 0 aliphatic carbocycles. The highest BCUT2D eigenvalue weighted by atomic mass is 19.1. The van der Waals surface area contributed by atoms with Gasteiger partial charge in [0.2, 0.25) is 5.88 Å². The van der Waals surface area contributed by atoms with Crippen LogP contribution in [0, 0.1) is 5.82 Å².